The Morgan fingerprint density at radius 3 is 2.72 bits per heavy atom. The topological polar surface area (TPSA) is 67.4 Å². The van der Waals surface area contributed by atoms with Crippen molar-refractivity contribution in [3.8, 4) is 0 Å². The number of hydrogen-bond donors (Lipinski definition) is 2. The molecule has 1 saturated heterocycles. The molecule has 0 bridgehead atoms. The molecule has 2 amide bonds. The van der Waals surface area contributed by atoms with Gasteiger partial charge < -0.3 is 10.1 Å². The van der Waals surface area contributed by atoms with Gasteiger partial charge in [0.25, 0.3) is 0 Å². The first-order chi connectivity index (χ1) is 8.45. The van der Waals surface area contributed by atoms with Crippen molar-refractivity contribution < 1.29 is 14.3 Å². The number of carbonyl (C=O) groups is 2. The highest BCUT2D eigenvalue weighted by Gasteiger charge is 2.50. The number of imide groups is 1. The number of nitrogens with one attached hydrogen (secondary N) is 2. The fourth-order valence-electron chi connectivity index (χ4n) is 2.75. The van der Waals surface area contributed by atoms with E-state index in [-0.39, 0.29) is 35.4 Å². The maximum atomic E-state index is 11.7. The first kappa shape index (κ1) is 13.5. The van der Waals surface area contributed by atoms with Crippen LogP contribution < -0.4 is 10.6 Å². The van der Waals surface area contributed by atoms with Gasteiger partial charge in [-0.05, 0) is 19.8 Å². The molecule has 1 aliphatic carbocycles. The fraction of sp³-hybridized carbons (Fsp3) is 0.846. The second kappa shape index (κ2) is 4.97. The normalized spacial score (nSPS) is 34.9. The molecule has 5 heteroatoms. The van der Waals surface area contributed by atoms with E-state index in [1.54, 1.807) is 0 Å². The van der Waals surface area contributed by atoms with Gasteiger partial charge in [0.1, 0.15) is 0 Å². The predicted octanol–water partition coefficient (Wildman–Crippen LogP) is 0.585. The van der Waals surface area contributed by atoms with Crippen LogP contribution in [0.2, 0.25) is 0 Å². The molecule has 2 N–H and O–H groups in total. The quantitative estimate of drug-likeness (QED) is 0.720. The largest absolute Gasteiger partial charge is 0.378 e. The number of rotatable bonds is 4. The first-order valence-corrected chi connectivity index (χ1v) is 6.66. The van der Waals surface area contributed by atoms with Crippen molar-refractivity contribution in [2.75, 3.05) is 6.61 Å². The molecular weight excluding hydrogens is 232 g/mol. The third-order valence-electron chi connectivity index (χ3n) is 4.19. The molecule has 2 aliphatic rings. The molecule has 3 unspecified atom stereocenters. The zero-order chi connectivity index (χ0) is 13.3. The smallest absolute Gasteiger partial charge is 0.243 e. The first-order valence-electron chi connectivity index (χ1n) is 6.66. The summed E-state index contributed by atoms with van der Waals surface area (Å²) in [5, 5.41) is 5.74. The molecule has 1 heterocycles. The van der Waals surface area contributed by atoms with E-state index in [2.05, 4.69) is 24.5 Å². The third-order valence-corrected chi connectivity index (χ3v) is 4.19. The maximum absolute atomic E-state index is 11.7. The summed E-state index contributed by atoms with van der Waals surface area (Å²) < 4.78 is 5.66. The van der Waals surface area contributed by atoms with Crippen LogP contribution in [-0.2, 0) is 14.3 Å². The SMILES string of the molecule is CCOC1CC(NC2CCC(=O)NC2=O)C1(C)C. The van der Waals surface area contributed by atoms with Crippen molar-refractivity contribution in [1.82, 2.24) is 10.6 Å². The minimum atomic E-state index is -0.241. The van der Waals surface area contributed by atoms with Gasteiger partial charge in [0.05, 0.1) is 12.1 Å². The minimum Gasteiger partial charge on any atom is -0.378 e. The van der Waals surface area contributed by atoms with Crippen molar-refractivity contribution in [2.45, 2.75) is 58.2 Å². The van der Waals surface area contributed by atoms with Gasteiger partial charge in [-0.25, -0.2) is 0 Å². The van der Waals surface area contributed by atoms with E-state index in [0.717, 1.165) is 13.0 Å². The number of piperidine rings is 1. The highest BCUT2D eigenvalue weighted by Crippen LogP contribution is 2.43. The lowest BCUT2D eigenvalue weighted by Crippen LogP contribution is -2.65. The van der Waals surface area contributed by atoms with E-state index in [1.807, 2.05) is 6.92 Å². The average molecular weight is 254 g/mol. The summed E-state index contributed by atoms with van der Waals surface area (Å²) in [5.41, 5.74) is 0.0394. The summed E-state index contributed by atoms with van der Waals surface area (Å²) in [5.74, 6) is -0.361. The summed E-state index contributed by atoms with van der Waals surface area (Å²) in [6, 6.07) is 0.0348. The summed E-state index contributed by atoms with van der Waals surface area (Å²) in [6.45, 7) is 7.02. The molecule has 1 saturated carbocycles. The number of amides is 2. The van der Waals surface area contributed by atoms with Crippen LogP contribution in [0.1, 0.15) is 40.0 Å². The van der Waals surface area contributed by atoms with Gasteiger partial charge in [-0.1, -0.05) is 13.8 Å². The van der Waals surface area contributed by atoms with E-state index < -0.39 is 0 Å². The van der Waals surface area contributed by atoms with Crippen LogP contribution in [0.5, 0.6) is 0 Å². The molecule has 18 heavy (non-hydrogen) atoms. The lowest BCUT2D eigenvalue weighted by atomic mass is 9.64. The second-order valence-corrected chi connectivity index (χ2v) is 5.72. The van der Waals surface area contributed by atoms with Gasteiger partial charge in [0.2, 0.25) is 11.8 Å². The van der Waals surface area contributed by atoms with Gasteiger partial charge in [-0.15, -0.1) is 0 Å². The Morgan fingerprint density at radius 2 is 2.17 bits per heavy atom. The van der Waals surface area contributed by atoms with E-state index in [9.17, 15) is 9.59 Å². The molecule has 102 valence electrons. The summed E-state index contributed by atoms with van der Waals surface area (Å²) >= 11 is 0. The fourth-order valence-corrected chi connectivity index (χ4v) is 2.75. The van der Waals surface area contributed by atoms with Crippen LogP contribution in [0.3, 0.4) is 0 Å². The van der Waals surface area contributed by atoms with Crippen molar-refractivity contribution in [3.05, 3.63) is 0 Å². The Kier molecular flexibility index (Phi) is 3.73. The van der Waals surface area contributed by atoms with Crippen LogP contribution in [0.25, 0.3) is 0 Å². The molecule has 0 radical (unpaired) electrons. The van der Waals surface area contributed by atoms with E-state index in [1.165, 1.54) is 0 Å². The van der Waals surface area contributed by atoms with Gasteiger partial charge in [0, 0.05) is 24.5 Å². The van der Waals surface area contributed by atoms with Crippen LogP contribution in [0, 0.1) is 5.41 Å². The Labute approximate surface area is 108 Å². The highest BCUT2D eigenvalue weighted by molar-refractivity contribution is 6.00. The monoisotopic (exact) mass is 254 g/mol. The van der Waals surface area contributed by atoms with Crippen LogP contribution >= 0.6 is 0 Å². The Bertz CT molecular complexity index is 354. The standard InChI is InChI=1S/C13H22N2O3/c1-4-18-10-7-9(13(10,2)3)14-8-5-6-11(16)15-12(8)17/h8-10,14H,4-7H2,1-3H3,(H,15,16,17). The molecule has 2 rings (SSSR count). The van der Waals surface area contributed by atoms with Gasteiger partial charge in [-0.3, -0.25) is 14.9 Å². The number of carbonyl (C=O) groups excluding carboxylic acids is 2. The average Bonchev–Trinajstić information content (AvgIpc) is 2.30. The van der Waals surface area contributed by atoms with Gasteiger partial charge in [0.15, 0.2) is 0 Å². The van der Waals surface area contributed by atoms with Crippen LogP contribution in [0.15, 0.2) is 0 Å². The molecular formula is C13H22N2O3. The maximum Gasteiger partial charge on any atom is 0.243 e. The molecule has 0 aromatic heterocycles. The Hall–Kier alpha value is -0.940. The minimum absolute atomic E-state index is 0.0394. The molecule has 3 atom stereocenters. The summed E-state index contributed by atoms with van der Waals surface area (Å²) in [7, 11) is 0. The van der Waals surface area contributed by atoms with Crippen molar-refractivity contribution in [3.63, 3.8) is 0 Å². The number of ether oxygens (including phenoxy) is 1. The molecule has 5 nitrogen and oxygen atoms in total. The highest BCUT2D eigenvalue weighted by atomic mass is 16.5. The zero-order valence-corrected chi connectivity index (χ0v) is 11.3. The van der Waals surface area contributed by atoms with Gasteiger partial charge >= 0.3 is 0 Å². The van der Waals surface area contributed by atoms with Crippen molar-refractivity contribution >= 4 is 11.8 Å². The van der Waals surface area contributed by atoms with Crippen molar-refractivity contribution in [1.29, 1.82) is 0 Å². The van der Waals surface area contributed by atoms with Crippen LogP contribution in [0.4, 0.5) is 0 Å². The van der Waals surface area contributed by atoms with Crippen LogP contribution in [-0.4, -0.2) is 36.6 Å². The summed E-state index contributed by atoms with van der Waals surface area (Å²) in [4.78, 5) is 22.7. The zero-order valence-electron chi connectivity index (χ0n) is 11.3. The van der Waals surface area contributed by atoms with E-state index in [0.29, 0.717) is 12.8 Å². The molecule has 0 aromatic carbocycles. The van der Waals surface area contributed by atoms with Gasteiger partial charge in [-0.2, -0.15) is 0 Å². The summed E-state index contributed by atoms with van der Waals surface area (Å²) in [6.07, 6.45) is 2.20. The lowest BCUT2D eigenvalue weighted by molar-refractivity contribution is -0.139. The Morgan fingerprint density at radius 1 is 1.44 bits per heavy atom. The number of hydrogen-bond acceptors (Lipinski definition) is 4. The Balaban J connectivity index is 1.88. The lowest BCUT2D eigenvalue weighted by Gasteiger charge is -2.53. The van der Waals surface area contributed by atoms with E-state index in [4.69, 9.17) is 4.74 Å². The molecule has 2 fully saturated rings. The molecule has 0 aromatic rings. The van der Waals surface area contributed by atoms with E-state index >= 15 is 0 Å². The molecule has 1 aliphatic heterocycles. The third kappa shape index (κ3) is 2.42. The predicted molar refractivity (Wildman–Crippen MR) is 66.9 cm³/mol. The second-order valence-electron chi connectivity index (χ2n) is 5.72. The van der Waals surface area contributed by atoms with Crippen molar-refractivity contribution in [2.24, 2.45) is 5.41 Å². The molecule has 0 spiro atoms.